The topological polar surface area (TPSA) is 88.1 Å². The lowest BCUT2D eigenvalue weighted by atomic mass is 10.2. The number of imidazole rings is 1. The number of anilines is 4. The number of nitrogens with one attached hydrogen (secondary N) is 1. The average Bonchev–Trinajstić information content (AvgIpc) is 2.98. The van der Waals surface area contributed by atoms with Crippen molar-refractivity contribution in [3.8, 4) is 0 Å². The summed E-state index contributed by atoms with van der Waals surface area (Å²) in [7, 11) is 4.05. The van der Waals surface area contributed by atoms with E-state index in [-0.39, 0.29) is 5.95 Å². The molecular weight excluding hydrogens is 316 g/mol. The molecule has 1 aliphatic heterocycles. The molecule has 0 radical (unpaired) electrons. The third kappa shape index (κ3) is 3.08. The highest BCUT2D eigenvalue weighted by atomic mass is 15.2. The standard InChI is InChI=1S/C17H22N8/c1-23-7-9-25(10-8-23)13-5-3-12(4-6-13)20-15-14-16(22-17(18)21-15)24(2)11-19-14/h3-6,11H,7-10H2,1-2H3,(H3,18,20,21,22). The van der Waals surface area contributed by atoms with Crippen LogP contribution in [-0.4, -0.2) is 57.6 Å². The molecule has 0 atom stereocenters. The van der Waals surface area contributed by atoms with E-state index in [9.17, 15) is 0 Å². The molecule has 0 saturated carbocycles. The van der Waals surface area contributed by atoms with Crippen LogP contribution in [0.5, 0.6) is 0 Å². The number of piperazine rings is 1. The van der Waals surface area contributed by atoms with E-state index in [0.717, 1.165) is 31.9 Å². The third-order valence-corrected chi connectivity index (χ3v) is 4.58. The summed E-state index contributed by atoms with van der Waals surface area (Å²) in [6.07, 6.45) is 1.71. The minimum absolute atomic E-state index is 0.229. The fourth-order valence-electron chi connectivity index (χ4n) is 3.07. The normalized spacial score (nSPS) is 15.7. The summed E-state index contributed by atoms with van der Waals surface area (Å²) in [5.41, 5.74) is 9.43. The van der Waals surface area contributed by atoms with Gasteiger partial charge in [0, 0.05) is 44.6 Å². The van der Waals surface area contributed by atoms with Gasteiger partial charge in [-0.1, -0.05) is 0 Å². The second-order valence-electron chi connectivity index (χ2n) is 6.42. The Morgan fingerprint density at radius 1 is 1.00 bits per heavy atom. The molecule has 1 fully saturated rings. The van der Waals surface area contributed by atoms with Crippen LogP contribution in [0.15, 0.2) is 30.6 Å². The van der Waals surface area contributed by atoms with Gasteiger partial charge in [0.15, 0.2) is 17.0 Å². The average molecular weight is 338 g/mol. The highest BCUT2D eigenvalue weighted by Crippen LogP contribution is 2.25. The molecule has 8 heteroatoms. The van der Waals surface area contributed by atoms with Crippen molar-refractivity contribution in [2.75, 3.05) is 49.2 Å². The van der Waals surface area contributed by atoms with Crippen LogP contribution in [0.4, 0.5) is 23.1 Å². The van der Waals surface area contributed by atoms with Crippen LogP contribution in [0, 0.1) is 0 Å². The number of fused-ring (bicyclic) bond motifs is 1. The van der Waals surface area contributed by atoms with E-state index in [1.54, 1.807) is 6.33 Å². The molecule has 0 aliphatic carbocycles. The Labute approximate surface area is 146 Å². The van der Waals surface area contributed by atoms with Gasteiger partial charge in [0.05, 0.1) is 6.33 Å². The number of hydrogen-bond donors (Lipinski definition) is 2. The Morgan fingerprint density at radius 2 is 1.72 bits per heavy atom. The first-order chi connectivity index (χ1) is 12.1. The number of benzene rings is 1. The molecule has 0 unspecified atom stereocenters. The van der Waals surface area contributed by atoms with Gasteiger partial charge < -0.3 is 25.4 Å². The van der Waals surface area contributed by atoms with Crippen LogP contribution >= 0.6 is 0 Å². The van der Waals surface area contributed by atoms with E-state index in [0.29, 0.717) is 17.0 Å². The fourth-order valence-corrected chi connectivity index (χ4v) is 3.07. The van der Waals surface area contributed by atoms with Gasteiger partial charge in [-0.15, -0.1) is 0 Å². The van der Waals surface area contributed by atoms with Crippen molar-refractivity contribution in [1.82, 2.24) is 24.4 Å². The molecule has 2 aromatic heterocycles. The summed E-state index contributed by atoms with van der Waals surface area (Å²) in [4.78, 5) is 17.6. The number of likely N-dealkylation sites (N-methyl/N-ethyl adjacent to an activating group) is 1. The maximum absolute atomic E-state index is 5.83. The van der Waals surface area contributed by atoms with Gasteiger partial charge in [-0.05, 0) is 31.3 Å². The summed E-state index contributed by atoms with van der Waals surface area (Å²) >= 11 is 0. The second kappa shape index (κ2) is 6.21. The monoisotopic (exact) mass is 338 g/mol. The molecule has 8 nitrogen and oxygen atoms in total. The number of aryl methyl sites for hydroxylation is 1. The molecular formula is C17H22N8. The van der Waals surface area contributed by atoms with Crippen LogP contribution in [0.2, 0.25) is 0 Å². The summed E-state index contributed by atoms with van der Waals surface area (Å²) in [5.74, 6) is 0.850. The minimum Gasteiger partial charge on any atom is -0.369 e. The Bertz CT molecular complexity index is 878. The molecule has 1 aromatic carbocycles. The number of nitrogen functional groups attached to an aromatic ring is 1. The molecule has 4 rings (SSSR count). The predicted octanol–water partition coefficient (Wildman–Crippen LogP) is 1.44. The first-order valence-electron chi connectivity index (χ1n) is 8.35. The maximum Gasteiger partial charge on any atom is 0.224 e. The first-order valence-corrected chi connectivity index (χ1v) is 8.35. The number of rotatable bonds is 3. The quantitative estimate of drug-likeness (QED) is 0.747. The van der Waals surface area contributed by atoms with Crippen molar-refractivity contribution in [1.29, 1.82) is 0 Å². The zero-order valence-corrected chi connectivity index (χ0v) is 14.5. The van der Waals surface area contributed by atoms with Crippen molar-refractivity contribution >= 4 is 34.3 Å². The van der Waals surface area contributed by atoms with Gasteiger partial charge >= 0.3 is 0 Å². The molecule has 0 amide bonds. The van der Waals surface area contributed by atoms with Crippen molar-refractivity contribution in [2.24, 2.45) is 7.05 Å². The Balaban J connectivity index is 1.56. The van der Waals surface area contributed by atoms with Gasteiger partial charge in [0.25, 0.3) is 0 Å². The molecule has 130 valence electrons. The lowest BCUT2D eigenvalue weighted by Gasteiger charge is -2.34. The van der Waals surface area contributed by atoms with Crippen LogP contribution in [-0.2, 0) is 7.05 Å². The summed E-state index contributed by atoms with van der Waals surface area (Å²) in [6, 6.07) is 8.38. The summed E-state index contributed by atoms with van der Waals surface area (Å²) in [6.45, 7) is 4.30. The predicted molar refractivity (Wildman–Crippen MR) is 100 cm³/mol. The zero-order chi connectivity index (χ0) is 17.4. The minimum atomic E-state index is 0.229. The maximum atomic E-state index is 5.83. The molecule has 3 aromatic rings. The van der Waals surface area contributed by atoms with Gasteiger partial charge in [0.2, 0.25) is 5.95 Å². The van der Waals surface area contributed by atoms with E-state index in [2.05, 4.69) is 61.4 Å². The Kier molecular flexibility index (Phi) is 3.89. The van der Waals surface area contributed by atoms with Crippen molar-refractivity contribution in [2.45, 2.75) is 0 Å². The smallest absolute Gasteiger partial charge is 0.224 e. The number of hydrogen-bond acceptors (Lipinski definition) is 7. The molecule has 0 bridgehead atoms. The molecule has 3 N–H and O–H groups in total. The highest BCUT2D eigenvalue weighted by Gasteiger charge is 2.15. The lowest BCUT2D eigenvalue weighted by Crippen LogP contribution is -2.44. The summed E-state index contributed by atoms with van der Waals surface area (Å²) < 4.78 is 1.83. The number of nitrogens with two attached hydrogens (primary N) is 1. The van der Waals surface area contributed by atoms with Crippen LogP contribution < -0.4 is 16.0 Å². The largest absolute Gasteiger partial charge is 0.369 e. The molecule has 3 heterocycles. The third-order valence-electron chi connectivity index (χ3n) is 4.58. The van der Waals surface area contributed by atoms with E-state index < -0.39 is 0 Å². The number of nitrogens with zero attached hydrogens (tertiary/aromatic N) is 6. The van der Waals surface area contributed by atoms with E-state index in [1.165, 1.54) is 5.69 Å². The second-order valence-corrected chi connectivity index (χ2v) is 6.42. The molecule has 25 heavy (non-hydrogen) atoms. The number of aromatic nitrogens is 4. The summed E-state index contributed by atoms with van der Waals surface area (Å²) in [5, 5.41) is 3.30. The zero-order valence-electron chi connectivity index (χ0n) is 14.5. The van der Waals surface area contributed by atoms with Crippen LogP contribution in [0.25, 0.3) is 11.2 Å². The van der Waals surface area contributed by atoms with Gasteiger partial charge in [0.1, 0.15) is 0 Å². The van der Waals surface area contributed by atoms with Gasteiger partial charge in [-0.2, -0.15) is 9.97 Å². The lowest BCUT2D eigenvalue weighted by molar-refractivity contribution is 0.313. The molecule has 1 saturated heterocycles. The first kappa shape index (κ1) is 15.6. The van der Waals surface area contributed by atoms with Crippen molar-refractivity contribution < 1.29 is 0 Å². The van der Waals surface area contributed by atoms with Crippen LogP contribution in [0.3, 0.4) is 0 Å². The van der Waals surface area contributed by atoms with Crippen LogP contribution in [0.1, 0.15) is 0 Å². The van der Waals surface area contributed by atoms with E-state index in [1.807, 2.05) is 11.6 Å². The highest BCUT2D eigenvalue weighted by molar-refractivity contribution is 5.86. The Hall–Kier alpha value is -2.87. The van der Waals surface area contributed by atoms with E-state index in [4.69, 9.17) is 5.73 Å². The SMILES string of the molecule is CN1CCN(c2ccc(Nc3nc(N)nc4c3ncn4C)cc2)CC1. The Morgan fingerprint density at radius 3 is 2.44 bits per heavy atom. The van der Waals surface area contributed by atoms with Gasteiger partial charge in [-0.3, -0.25) is 0 Å². The molecule has 1 aliphatic rings. The molecule has 0 spiro atoms. The van der Waals surface area contributed by atoms with Crippen molar-refractivity contribution in [3.05, 3.63) is 30.6 Å². The van der Waals surface area contributed by atoms with Crippen molar-refractivity contribution in [3.63, 3.8) is 0 Å². The fraction of sp³-hybridized carbons (Fsp3) is 0.353. The van der Waals surface area contributed by atoms with E-state index >= 15 is 0 Å². The van der Waals surface area contributed by atoms with Gasteiger partial charge in [-0.25, -0.2) is 4.98 Å².